The first-order chi connectivity index (χ1) is 20.5. The lowest BCUT2D eigenvalue weighted by Crippen LogP contribution is -2.36. The molecule has 0 aromatic heterocycles. The normalized spacial score (nSPS) is 18.4. The van der Waals surface area contributed by atoms with Gasteiger partial charge in [0.15, 0.2) is 0 Å². The maximum absolute atomic E-state index is 13.4. The number of allylic oxidation sites excluding steroid dienone is 3. The van der Waals surface area contributed by atoms with Crippen LogP contribution in [0.15, 0.2) is 64.9 Å². The zero-order valence-electron chi connectivity index (χ0n) is 24.3. The Bertz CT molecular complexity index is 1250. The van der Waals surface area contributed by atoms with Gasteiger partial charge in [0.1, 0.15) is 0 Å². The molecule has 1 heterocycles. The third-order valence-electron chi connectivity index (χ3n) is 7.22. The summed E-state index contributed by atoms with van der Waals surface area (Å²) >= 11 is 0. The van der Waals surface area contributed by atoms with Crippen LogP contribution >= 0.6 is 0 Å². The molecular weight excluding hydrogens is 538 g/mol. The van der Waals surface area contributed by atoms with Crippen LogP contribution in [0.1, 0.15) is 37.7 Å². The van der Waals surface area contributed by atoms with Crippen LogP contribution in [0.4, 0.5) is 5.69 Å². The average molecular weight is 580 g/mol. The van der Waals surface area contributed by atoms with Crippen LogP contribution in [-0.4, -0.2) is 83.7 Å². The van der Waals surface area contributed by atoms with Crippen LogP contribution in [0.2, 0.25) is 0 Å². The van der Waals surface area contributed by atoms with E-state index in [-0.39, 0.29) is 48.8 Å². The van der Waals surface area contributed by atoms with E-state index in [0.717, 1.165) is 16.8 Å². The summed E-state index contributed by atoms with van der Waals surface area (Å²) in [6.45, 7) is 6.14. The lowest BCUT2D eigenvalue weighted by atomic mass is 9.86. The third-order valence-corrected chi connectivity index (χ3v) is 7.22. The highest BCUT2D eigenvalue weighted by molar-refractivity contribution is 5.97. The molecule has 1 aromatic rings. The standard InChI is InChI=1S/C32H41N3O7/c1-23-5-4-6-24-22-35(28-8-3-2-7-25(28)26-21-27(26)32(23)24)31(38)10-9-30(37)34-12-14-40-16-18-42-20-19-41-17-15-39-13-11-29(33)36/h2-3,5-8,21,23,26H,9-20,22H2,1H3,(H2,33,36)(H,34,37). The molecular formula is C32H41N3O7. The minimum absolute atomic E-state index is 0.0721. The largest absolute Gasteiger partial charge is 0.379 e. The van der Waals surface area contributed by atoms with E-state index in [0.29, 0.717) is 65.9 Å². The number of primary amides is 1. The molecule has 2 atom stereocenters. The summed E-state index contributed by atoms with van der Waals surface area (Å²) in [7, 11) is 0. The summed E-state index contributed by atoms with van der Waals surface area (Å²) in [6.07, 6.45) is 6.77. The van der Waals surface area contributed by atoms with Gasteiger partial charge < -0.3 is 34.9 Å². The molecule has 4 rings (SSSR count). The zero-order valence-corrected chi connectivity index (χ0v) is 24.3. The Morgan fingerprint density at radius 3 is 2.31 bits per heavy atom. The Morgan fingerprint density at radius 2 is 1.60 bits per heavy atom. The Balaban J connectivity index is 1.09. The van der Waals surface area contributed by atoms with Gasteiger partial charge in [0, 0.05) is 43.3 Å². The van der Waals surface area contributed by atoms with Crippen molar-refractivity contribution in [2.24, 2.45) is 11.7 Å². The van der Waals surface area contributed by atoms with E-state index < -0.39 is 0 Å². The molecule has 0 saturated carbocycles. The molecule has 2 aliphatic carbocycles. The fraction of sp³-hybridized carbons (Fsp3) is 0.500. The van der Waals surface area contributed by atoms with Gasteiger partial charge in [0.25, 0.3) is 0 Å². The maximum Gasteiger partial charge on any atom is 0.227 e. The quantitative estimate of drug-likeness (QED) is 0.202. The Labute approximate surface area is 247 Å². The van der Waals surface area contributed by atoms with Crippen molar-refractivity contribution < 1.29 is 33.3 Å². The van der Waals surface area contributed by atoms with Crippen LogP contribution in [-0.2, 0) is 33.3 Å². The number of carbonyl (C=O) groups is 3. The number of carbonyl (C=O) groups excluding carboxylic acids is 3. The van der Waals surface area contributed by atoms with Crippen molar-refractivity contribution in [2.45, 2.75) is 32.1 Å². The molecule has 10 heteroatoms. The van der Waals surface area contributed by atoms with Gasteiger partial charge in [-0.25, -0.2) is 0 Å². The molecule has 226 valence electrons. The summed E-state index contributed by atoms with van der Waals surface area (Å²) < 4.78 is 21.5. The van der Waals surface area contributed by atoms with Crippen molar-refractivity contribution in [1.82, 2.24) is 5.32 Å². The molecule has 0 bridgehead atoms. The number of ether oxygens (including phenoxy) is 4. The van der Waals surface area contributed by atoms with Crippen molar-refractivity contribution in [3.63, 3.8) is 0 Å². The number of nitrogens with one attached hydrogen (secondary N) is 1. The number of nitrogens with two attached hydrogens (primary N) is 1. The van der Waals surface area contributed by atoms with E-state index in [1.165, 1.54) is 11.1 Å². The first kappa shape index (κ1) is 31.4. The van der Waals surface area contributed by atoms with Crippen molar-refractivity contribution in [3.05, 3.63) is 70.5 Å². The van der Waals surface area contributed by atoms with E-state index in [2.05, 4.69) is 36.2 Å². The number of fused-ring (bicyclic) bond motifs is 4. The highest BCUT2D eigenvalue weighted by Gasteiger charge is 2.38. The van der Waals surface area contributed by atoms with Gasteiger partial charge >= 0.3 is 0 Å². The molecule has 0 fully saturated rings. The molecule has 0 radical (unpaired) electrons. The van der Waals surface area contributed by atoms with Crippen LogP contribution < -0.4 is 16.0 Å². The minimum Gasteiger partial charge on any atom is -0.379 e. The van der Waals surface area contributed by atoms with Crippen molar-refractivity contribution in [2.75, 3.05) is 70.8 Å². The highest BCUT2D eigenvalue weighted by atomic mass is 16.6. The third kappa shape index (κ3) is 9.24. The fourth-order valence-corrected chi connectivity index (χ4v) is 5.09. The first-order valence-electron chi connectivity index (χ1n) is 14.6. The summed E-state index contributed by atoms with van der Waals surface area (Å²) in [5.41, 5.74) is 14.1. The average Bonchev–Trinajstić information content (AvgIpc) is 3.75. The number of amides is 3. The van der Waals surface area contributed by atoms with E-state index in [1.807, 2.05) is 29.2 Å². The van der Waals surface area contributed by atoms with Gasteiger partial charge in [0.2, 0.25) is 17.7 Å². The number of para-hydroxylation sites is 1. The van der Waals surface area contributed by atoms with E-state index >= 15 is 0 Å². The van der Waals surface area contributed by atoms with Gasteiger partial charge in [-0.3, -0.25) is 14.4 Å². The number of benzene rings is 1. The molecule has 3 aliphatic rings. The Hall–Kier alpha value is -3.53. The summed E-state index contributed by atoms with van der Waals surface area (Å²) in [5, 5.41) is 2.82. The summed E-state index contributed by atoms with van der Waals surface area (Å²) in [5.74, 6) is -0.147. The Kier molecular flexibility index (Phi) is 12.1. The van der Waals surface area contributed by atoms with Gasteiger partial charge in [-0.05, 0) is 40.5 Å². The maximum atomic E-state index is 13.4. The van der Waals surface area contributed by atoms with Gasteiger partial charge in [-0.15, -0.1) is 5.73 Å². The fourth-order valence-electron chi connectivity index (χ4n) is 5.09. The molecule has 42 heavy (non-hydrogen) atoms. The molecule has 0 saturated heterocycles. The molecule has 3 N–H and O–H groups in total. The SMILES string of the molecule is CC1C=C=CC2=C1C1=CC1c1ccccc1N(C(=O)CCC(=O)NCCOCCOCCOCCOCCC(N)=O)C2. The second-order valence-electron chi connectivity index (χ2n) is 10.4. The van der Waals surface area contributed by atoms with Gasteiger partial charge in [0.05, 0.1) is 59.4 Å². The second-order valence-corrected chi connectivity index (χ2v) is 10.4. The van der Waals surface area contributed by atoms with Crippen LogP contribution in [0, 0.1) is 5.92 Å². The van der Waals surface area contributed by atoms with E-state index in [1.54, 1.807) is 0 Å². The van der Waals surface area contributed by atoms with Crippen molar-refractivity contribution >= 4 is 23.4 Å². The summed E-state index contributed by atoms with van der Waals surface area (Å²) in [6, 6.07) is 8.05. The molecule has 1 aromatic carbocycles. The number of hydrogen-bond acceptors (Lipinski definition) is 7. The first-order valence-corrected chi connectivity index (χ1v) is 14.6. The van der Waals surface area contributed by atoms with Crippen molar-refractivity contribution in [3.8, 4) is 0 Å². The van der Waals surface area contributed by atoms with E-state index in [4.69, 9.17) is 24.7 Å². The van der Waals surface area contributed by atoms with Gasteiger partial charge in [-0.1, -0.05) is 31.2 Å². The monoisotopic (exact) mass is 579 g/mol. The van der Waals surface area contributed by atoms with Gasteiger partial charge in [-0.2, -0.15) is 0 Å². The predicted octanol–water partition coefficient (Wildman–Crippen LogP) is 2.55. The number of rotatable bonds is 18. The predicted molar refractivity (Wildman–Crippen MR) is 158 cm³/mol. The number of nitrogens with zero attached hydrogens (tertiary/aromatic N) is 1. The highest BCUT2D eigenvalue weighted by Crippen LogP contribution is 2.52. The number of hydrogen-bond donors (Lipinski definition) is 2. The smallest absolute Gasteiger partial charge is 0.227 e. The second kappa shape index (κ2) is 16.2. The van der Waals surface area contributed by atoms with Crippen LogP contribution in [0.5, 0.6) is 0 Å². The molecule has 10 nitrogen and oxygen atoms in total. The van der Waals surface area contributed by atoms with Crippen molar-refractivity contribution in [1.29, 1.82) is 0 Å². The zero-order chi connectivity index (χ0) is 29.7. The van der Waals surface area contributed by atoms with Crippen LogP contribution in [0.25, 0.3) is 0 Å². The van der Waals surface area contributed by atoms with Crippen LogP contribution in [0.3, 0.4) is 0 Å². The minimum atomic E-state index is -0.387. The lowest BCUT2D eigenvalue weighted by molar-refractivity contribution is -0.125. The molecule has 0 spiro atoms. The lowest BCUT2D eigenvalue weighted by Gasteiger charge is -2.30. The molecule has 1 aliphatic heterocycles. The summed E-state index contributed by atoms with van der Waals surface area (Å²) in [4.78, 5) is 38.3. The van der Waals surface area contributed by atoms with E-state index in [9.17, 15) is 14.4 Å². The topological polar surface area (TPSA) is 129 Å². The molecule has 3 amide bonds. The Morgan fingerprint density at radius 1 is 0.929 bits per heavy atom. The molecule has 2 unspecified atom stereocenters. The number of anilines is 1.